The van der Waals surface area contributed by atoms with Gasteiger partial charge in [-0.05, 0) is 0 Å². The molecule has 0 amide bonds. The van der Waals surface area contributed by atoms with Crippen LogP contribution in [0.2, 0.25) is 38.0 Å². The molecule has 10 fully saturated rings. The molecule has 5 atom stereocenters. The molecule has 0 N–H and O–H groups in total. The van der Waals surface area contributed by atoms with E-state index in [1.807, 2.05) is 0 Å². The van der Waals surface area contributed by atoms with Gasteiger partial charge in [0.1, 0.15) is 0 Å². The van der Waals surface area contributed by atoms with E-state index in [-0.39, 0.29) is 15.8 Å². The third-order valence-corrected chi connectivity index (χ3v) is 77.7. The molecule has 10 aliphatic rings. The van der Waals surface area contributed by atoms with Gasteiger partial charge < -0.3 is 0 Å². The van der Waals surface area contributed by atoms with Crippen molar-refractivity contribution in [2.45, 2.75) is 73.3 Å². The average Bonchev–Trinajstić information content (AvgIpc) is 3.77. The van der Waals surface area contributed by atoms with Crippen LogP contribution < -0.4 is 10.6 Å². The van der Waals surface area contributed by atoms with Crippen LogP contribution in [-0.4, -0.2) is 20.4 Å². The van der Waals surface area contributed by atoms with Gasteiger partial charge in [-0.15, -0.1) is 0 Å². The Kier molecular flexibility index (Phi) is 1.06. The molecule has 0 bridgehead atoms. The van der Waals surface area contributed by atoms with Crippen molar-refractivity contribution in [2.75, 3.05) is 12.3 Å². The molecule has 0 saturated carbocycles. The summed E-state index contributed by atoms with van der Waals surface area (Å²) in [6.07, 6.45) is 4.70. The van der Waals surface area contributed by atoms with Gasteiger partial charge in [0.15, 0.2) is 0 Å². The zero-order valence-electron chi connectivity index (χ0n) is 18.7. The van der Waals surface area contributed by atoms with Crippen molar-refractivity contribution in [3.63, 3.8) is 0 Å². The van der Waals surface area contributed by atoms with Crippen LogP contribution in [0.25, 0.3) is 0 Å². The van der Waals surface area contributed by atoms with E-state index in [4.69, 9.17) is 0 Å². The summed E-state index contributed by atoms with van der Waals surface area (Å²) in [7, 11) is 0.0443. The third kappa shape index (κ3) is 0.286. The van der Waals surface area contributed by atoms with E-state index >= 15 is 0 Å². The van der Waals surface area contributed by atoms with Gasteiger partial charge in [0, 0.05) is 0 Å². The van der Waals surface area contributed by atoms with Crippen molar-refractivity contribution >= 4 is 26.5 Å². The summed E-state index contributed by atoms with van der Waals surface area (Å²) in [5, 5.41) is 3.54. The van der Waals surface area contributed by atoms with Gasteiger partial charge in [0.25, 0.3) is 0 Å². The Bertz CT molecular complexity index is 1610. The maximum absolute atomic E-state index is 3.62. The molecule has 10 heterocycles. The molecule has 12 rings (SSSR count). The molecular weight excluding hydrogens is 454 g/mol. The fourth-order valence-corrected chi connectivity index (χ4v) is 133. The van der Waals surface area contributed by atoms with E-state index in [0.717, 1.165) is 12.4 Å². The van der Waals surface area contributed by atoms with E-state index < -0.39 is 6.51 Å². The first-order chi connectivity index (χ1) is 15.0. The molecular formula is C28H32FeP2. The van der Waals surface area contributed by atoms with Crippen LogP contribution in [0.4, 0.5) is 0 Å². The zero-order valence-corrected chi connectivity index (χ0v) is 21.6. The standard InChI is InChI=1S/C23H27P2.C5H5.Fe/c1-4-19-17-18-22(23(19)24(5-2)6-3)25(20-13-9-7-10-14-20)21-15-11-8-12-16-21;1-2-4-5-3-1;/h7-18H,4-6H2,1-3H3;1-5H;. The summed E-state index contributed by atoms with van der Waals surface area (Å²) >= 11 is 0. The molecule has 0 nitrogen and oxygen atoms in total. The minimum absolute atomic E-state index is 0.182. The Morgan fingerprint density at radius 2 is 1.19 bits per heavy atom. The summed E-state index contributed by atoms with van der Waals surface area (Å²) in [4.78, 5) is 9.66. The predicted molar refractivity (Wildman–Crippen MR) is 132 cm³/mol. The Morgan fingerprint density at radius 3 is 1.58 bits per heavy atom. The number of hydrogen-bond acceptors (Lipinski definition) is 0. The normalized spacial score (nSPS) is 75.7. The van der Waals surface area contributed by atoms with Gasteiger partial charge in [-0.3, -0.25) is 0 Å². The Labute approximate surface area is 178 Å². The second kappa shape index (κ2) is 2.09. The second-order valence-electron chi connectivity index (χ2n) is 14.4. The number of fused-ring (bicyclic) bond motifs is 10. The predicted octanol–water partition coefficient (Wildman–Crippen LogP) is 7.63. The molecule has 5 unspecified atom stereocenters. The van der Waals surface area contributed by atoms with Crippen LogP contribution >= 0.6 is 15.8 Å². The SMILES string of the molecule is CCP(CC)[C]12[C]3(CC)[CH]4[CH]5[C]1(P(c1ccccc1)c1ccccc1)[Fe]45321678[CH]2[CH]1[CH]6[CH]7[CH]28. The molecule has 2 aromatic rings. The quantitative estimate of drug-likeness (QED) is 0.279. The second-order valence-corrected chi connectivity index (χ2v) is 43.6. The molecule has 10 aliphatic heterocycles. The number of hydrogen-bond donors (Lipinski definition) is 0. The van der Waals surface area contributed by atoms with E-state index in [1.165, 1.54) is 33.7 Å². The first-order valence-corrected chi connectivity index (χ1v) is 22.0. The van der Waals surface area contributed by atoms with Crippen LogP contribution in [0.1, 0.15) is 27.2 Å². The van der Waals surface area contributed by atoms with Crippen LogP contribution in [0.3, 0.4) is 0 Å². The molecule has 0 aromatic heterocycles. The fraction of sp³-hybridized carbons (Fsp3) is 0.571. The Morgan fingerprint density at radius 1 is 0.710 bits per heavy atom. The van der Waals surface area contributed by atoms with Crippen molar-refractivity contribution in [1.82, 2.24) is 0 Å². The van der Waals surface area contributed by atoms with E-state index in [1.54, 1.807) is 29.4 Å². The molecule has 1 spiro atoms. The maximum atomic E-state index is 2.70. The third-order valence-electron chi connectivity index (χ3n) is 19.2. The molecule has 162 valence electrons. The van der Waals surface area contributed by atoms with Crippen LogP contribution in [0.15, 0.2) is 60.7 Å². The van der Waals surface area contributed by atoms with E-state index in [9.17, 15) is 0 Å². The summed E-state index contributed by atoms with van der Waals surface area (Å²) in [6, 6.07) is 24.2. The summed E-state index contributed by atoms with van der Waals surface area (Å²) < 4.78 is 2.88. The molecule has 10 saturated heterocycles. The fourth-order valence-electron chi connectivity index (χ4n) is 22.1. The first kappa shape index (κ1) is 15.7. The molecule has 31 heavy (non-hydrogen) atoms. The van der Waals surface area contributed by atoms with Gasteiger partial charge in [-0.1, -0.05) is 0 Å². The number of rotatable bonds is 7. The summed E-state index contributed by atoms with van der Waals surface area (Å²) in [5.74, 6) is 0. The monoisotopic (exact) mass is 486 g/mol. The van der Waals surface area contributed by atoms with Crippen molar-refractivity contribution in [3.8, 4) is 0 Å². The molecule has 0 aliphatic carbocycles. The van der Waals surface area contributed by atoms with Crippen LogP contribution in [-0.2, 0) is 6.51 Å². The van der Waals surface area contributed by atoms with E-state index in [0.29, 0.717) is 0 Å². The zero-order chi connectivity index (χ0) is 20.4. The minimum atomic E-state index is -3.62. The molecule has 0 radical (unpaired) electrons. The van der Waals surface area contributed by atoms with Gasteiger partial charge >= 0.3 is 179 Å². The topological polar surface area (TPSA) is 0 Å². The van der Waals surface area contributed by atoms with Gasteiger partial charge in [-0.2, -0.15) is 0 Å². The molecule has 2 aromatic carbocycles. The Balaban J connectivity index is 1.30. The van der Waals surface area contributed by atoms with Crippen molar-refractivity contribution in [1.29, 1.82) is 0 Å². The van der Waals surface area contributed by atoms with Crippen molar-refractivity contribution in [2.24, 2.45) is 0 Å². The van der Waals surface area contributed by atoms with Gasteiger partial charge in [-0.25, -0.2) is 0 Å². The van der Waals surface area contributed by atoms with E-state index in [2.05, 4.69) is 81.4 Å². The van der Waals surface area contributed by atoms with Crippen LogP contribution in [0, 0.1) is 0 Å². The summed E-state index contributed by atoms with van der Waals surface area (Å²) in [6.45, 7) is 4.31. The van der Waals surface area contributed by atoms with Crippen LogP contribution in [0.5, 0.6) is 0 Å². The Hall–Kier alpha value is -0.181. The molecule has 3 heteroatoms. The van der Waals surface area contributed by atoms with Gasteiger partial charge in [0.05, 0.1) is 0 Å². The summed E-state index contributed by atoms with van der Waals surface area (Å²) in [5.41, 5.74) is 0. The number of benzene rings is 2. The average molecular weight is 486 g/mol. The van der Waals surface area contributed by atoms with Gasteiger partial charge in [0.2, 0.25) is 0 Å². The van der Waals surface area contributed by atoms with Crippen molar-refractivity contribution in [3.05, 3.63) is 60.7 Å². The first-order valence-electron chi connectivity index (χ1n) is 12.9. The van der Waals surface area contributed by atoms with Crippen molar-refractivity contribution < 1.29 is 6.51 Å².